The maximum Gasteiger partial charge on any atom is 0.137 e. The van der Waals surface area contributed by atoms with Crippen LogP contribution in [0.3, 0.4) is 0 Å². The van der Waals surface area contributed by atoms with Crippen molar-refractivity contribution < 1.29 is 5.21 Å². The minimum Gasteiger partial charge on any atom is -0.411 e. The number of hydrogen-bond donors (Lipinski definition) is 1. The predicted octanol–water partition coefficient (Wildman–Crippen LogP) is 1.85. The van der Waals surface area contributed by atoms with E-state index in [-0.39, 0.29) is 0 Å². The number of aromatic nitrogens is 1. The quantitative estimate of drug-likeness (QED) is 0.303. The zero-order chi connectivity index (χ0) is 8.27. The van der Waals surface area contributed by atoms with E-state index in [1.807, 2.05) is 6.92 Å². The maximum atomic E-state index is 8.22. The fourth-order valence-corrected chi connectivity index (χ4v) is 0.880. The first kappa shape index (κ1) is 8.01. The van der Waals surface area contributed by atoms with E-state index in [0.29, 0.717) is 10.7 Å². The van der Waals surface area contributed by atoms with E-state index >= 15 is 0 Å². The second-order valence-corrected chi connectivity index (χ2v) is 2.50. The third-order valence-corrected chi connectivity index (χ3v) is 1.52. The highest BCUT2D eigenvalue weighted by Crippen LogP contribution is 2.11. The lowest BCUT2D eigenvalue weighted by atomic mass is 10.2. The Labute approximate surface area is 69.3 Å². The molecule has 0 saturated carbocycles. The summed E-state index contributed by atoms with van der Waals surface area (Å²) in [5.41, 5.74) is 1.60. The van der Waals surface area contributed by atoms with Crippen LogP contribution in [0, 0.1) is 6.92 Å². The number of nitrogens with zero attached hydrogens (tertiary/aromatic N) is 2. The zero-order valence-electron chi connectivity index (χ0n) is 5.95. The summed E-state index contributed by atoms with van der Waals surface area (Å²) in [5, 5.41) is 11.4. The third kappa shape index (κ3) is 1.91. The van der Waals surface area contributed by atoms with Gasteiger partial charge in [-0.05, 0) is 18.6 Å². The van der Waals surface area contributed by atoms with E-state index in [1.165, 1.54) is 6.21 Å². The van der Waals surface area contributed by atoms with Crippen LogP contribution in [0.2, 0.25) is 5.15 Å². The topological polar surface area (TPSA) is 45.5 Å². The molecule has 0 bridgehead atoms. The maximum absolute atomic E-state index is 8.22. The van der Waals surface area contributed by atoms with Crippen LogP contribution in [0.5, 0.6) is 0 Å². The summed E-state index contributed by atoms with van der Waals surface area (Å²) in [5.74, 6) is 0. The van der Waals surface area contributed by atoms with Crippen molar-refractivity contribution in [3.63, 3.8) is 0 Å². The van der Waals surface area contributed by atoms with E-state index in [0.717, 1.165) is 5.56 Å². The van der Waals surface area contributed by atoms with Gasteiger partial charge in [0.25, 0.3) is 0 Å². The van der Waals surface area contributed by atoms with Gasteiger partial charge in [0.05, 0.1) is 6.21 Å². The van der Waals surface area contributed by atoms with Gasteiger partial charge >= 0.3 is 0 Å². The molecule has 0 fully saturated rings. The van der Waals surface area contributed by atoms with Crippen molar-refractivity contribution in [1.82, 2.24) is 4.98 Å². The summed E-state index contributed by atoms with van der Waals surface area (Å²) in [4.78, 5) is 3.86. The van der Waals surface area contributed by atoms with Gasteiger partial charge in [0.2, 0.25) is 0 Å². The SMILES string of the molecule is Cc1cnc(Cl)c(/C=N/O)c1. The molecule has 0 spiro atoms. The summed E-state index contributed by atoms with van der Waals surface area (Å²) in [6, 6.07) is 1.79. The Morgan fingerprint density at radius 3 is 3.09 bits per heavy atom. The van der Waals surface area contributed by atoms with Gasteiger partial charge in [-0.15, -0.1) is 0 Å². The second-order valence-electron chi connectivity index (χ2n) is 2.14. The van der Waals surface area contributed by atoms with E-state index in [1.54, 1.807) is 12.3 Å². The fourth-order valence-electron chi connectivity index (χ4n) is 0.728. The van der Waals surface area contributed by atoms with Crippen LogP contribution in [0.25, 0.3) is 0 Å². The molecule has 0 unspecified atom stereocenters. The molecule has 3 nitrogen and oxygen atoms in total. The van der Waals surface area contributed by atoms with Crippen molar-refractivity contribution >= 4 is 17.8 Å². The molecule has 1 aromatic rings. The molecule has 1 heterocycles. The molecule has 4 heteroatoms. The Bertz CT molecular complexity index is 286. The highest BCUT2D eigenvalue weighted by molar-refractivity contribution is 6.31. The molecule has 1 rings (SSSR count). The smallest absolute Gasteiger partial charge is 0.137 e. The summed E-state index contributed by atoms with van der Waals surface area (Å²) in [6.07, 6.45) is 2.90. The lowest BCUT2D eigenvalue weighted by Gasteiger charge is -1.96. The van der Waals surface area contributed by atoms with Gasteiger partial charge in [0.15, 0.2) is 0 Å². The number of oxime groups is 1. The molecule has 0 amide bonds. The van der Waals surface area contributed by atoms with Gasteiger partial charge in [-0.3, -0.25) is 0 Å². The number of rotatable bonds is 1. The monoisotopic (exact) mass is 170 g/mol. The molecular formula is C7H7ClN2O. The summed E-state index contributed by atoms with van der Waals surface area (Å²) in [7, 11) is 0. The van der Waals surface area contributed by atoms with Gasteiger partial charge in [-0.25, -0.2) is 4.98 Å². The first-order valence-electron chi connectivity index (χ1n) is 3.03. The standard InChI is InChI=1S/C7H7ClN2O/c1-5-2-6(4-10-11)7(8)9-3-5/h2-4,11H,1H3/b10-4+. The molecule has 11 heavy (non-hydrogen) atoms. The lowest BCUT2D eigenvalue weighted by molar-refractivity contribution is 0.322. The van der Waals surface area contributed by atoms with Crippen molar-refractivity contribution in [1.29, 1.82) is 0 Å². The average molecular weight is 171 g/mol. The third-order valence-electron chi connectivity index (χ3n) is 1.20. The Hall–Kier alpha value is -1.09. The van der Waals surface area contributed by atoms with Crippen molar-refractivity contribution in [2.45, 2.75) is 6.92 Å². The Morgan fingerprint density at radius 1 is 1.73 bits per heavy atom. The minimum absolute atomic E-state index is 0.341. The normalized spacial score (nSPS) is 10.7. The van der Waals surface area contributed by atoms with Crippen LogP contribution in [0.15, 0.2) is 17.4 Å². The predicted molar refractivity (Wildman–Crippen MR) is 43.4 cm³/mol. The highest BCUT2D eigenvalue weighted by Gasteiger charge is 1.97. The van der Waals surface area contributed by atoms with Crippen LogP contribution >= 0.6 is 11.6 Å². The first-order valence-corrected chi connectivity index (χ1v) is 3.41. The van der Waals surface area contributed by atoms with Crippen molar-refractivity contribution in [2.24, 2.45) is 5.16 Å². The number of hydrogen-bond acceptors (Lipinski definition) is 3. The van der Waals surface area contributed by atoms with Crippen LogP contribution in [0.4, 0.5) is 0 Å². The zero-order valence-corrected chi connectivity index (χ0v) is 6.71. The molecule has 0 saturated heterocycles. The van der Waals surface area contributed by atoms with E-state index in [2.05, 4.69) is 10.1 Å². The fraction of sp³-hybridized carbons (Fsp3) is 0.143. The van der Waals surface area contributed by atoms with E-state index in [4.69, 9.17) is 16.8 Å². The van der Waals surface area contributed by atoms with Crippen LogP contribution < -0.4 is 0 Å². The van der Waals surface area contributed by atoms with Gasteiger partial charge in [-0.2, -0.15) is 0 Å². The molecule has 58 valence electrons. The molecule has 1 N–H and O–H groups in total. The number of pyridine rings is 1. The molecular weight excluding hydrogens is 164 g/mol. The minimum atomic E-state index is 0.341. The Morgan fingerprint density at radius 2 is 2.45 bits per heavy atom. The van der Waals surface area contributed by atoms with E-state index in [9.17, 15) is 0 Å². The van der Waals surface area contributed by atoms with Gasteiger partial charge in [0, 0.05) is 11.8 Å². The molecule has 0 aliphatic heterocycles. The summed E-state index contributed by atoms with van der Waals surface area (Å²) >= 11 is 5.66. The van der Waals surface area contributed by atoms with Gasteiger partial charge in [0.1, 0.15) is 5.15 Å². The average Bonchev–Trinajstić information content (AvgIpc) is 1.98. The first-order chi connectivity index (χ1) is 5.24. The van der Waals surface area contributed by atoms with Crippen molar-refractivity contribution in [3.05, 3.63) is 28.5 Å². The van der Waals surface area contributed by atoms with Crippen molar-refractivity contribution in [2.75, 3.05) is 0 Å². The van der Waals surface area contributed by atoms with Crippen LogP contribution in [-0.2, 0) is 0 Å². The Kier molecular flexibility index (Phi) is 2.44. The van der Waals surface area contributed by atoms with Gasteiger partial charge < -0.3 is 5.21 Å². The molecule has 1 aromatic heterocycles. The molecule has 0 aliphatic rings. The number of aryl methyl sites for hydroxylation is 1. The largest absolute Gasteiger partial charge is 0.411 e. The van der Waals surface area contributed by atoms with Crippen molar-refractivity contribution in [3.8, 4) is 0 Å². The van der Waals surface area contributed by atoms with E-state index < -0.39 is 0 Å². The molecule has 0 aliphatic carbocycles. The highest BCUT2D eigenvalue weighted by atomic mass is 35.5. The molecule has 0 radical (unpaired) electrons. The van der Waals surface area contributed by atoms with Crippen LogP contribution in [-0.4, -0.2) is 16.4 Å². The van der Waals surface area contributed by atoms with Gasteiger partial charge in [-0.1, -0.05) is 16.8 Å². The molecule has 0 atom stereocenters. The summed E-state index contributed by atoms with van der Waals surface area (Å²) in [6.45, 7) is 1.89. The molecule has 0 aromatic carbocycles. The Balaban J connectivity index is 3.12. The summed E-state index contributed by atoms with van der Waals surface area (Å²) < 4.78 is 0. The second kappa shape index (κ2) is 3.34. The lowest BCUT2D eigenvalue weighted by Crippen LogP contribution is -1.87. The van der Waals surface area contributed by atoms with Crippen LogP contribution in [0.1, 0.15) is 11.1 Å². The number of halogens is 1.